The molecule has 5 saturated carbocycles. The van der Waals surface area contributed by atoms with Crippen molar-refractivity contribution in [2.75, 3.05) is 43.9 Å². The third kappa shape index (κ3) is 6.64. The molecule has 300 valence electrons. The van der Waals surface area contributed by atoms with Crippen LogP contribution in [-0.2, 0) is 19.2 Å². The van der Waals surface area contributed by atoms with Crippen LogP contribution in [0.5, 0.6) is 0 Å². The van der Waals surface area contributed by atoms with Gasteiger partial charge in [0.05, 0.1) is 32.4 Å². The second-order valence-electron chi connectivity index (χ2n) is 19.3. The SMILES string of the molecule is C[C@@H]1CN(CCCCCO[C@H]2CC[C@H]3[C@@H]4CC[C@H]5CC(O)CC[C@]5(C)[C@H]4CC[C@]23C)CCN1c1cc(C2([S@](C)(=N)=O)CC2)nc(-c2ccnc3[nH]ccc23)n1. The van der Waals surface area contributed by atoms with Gasteiger partial charge in [-0.05, 0) is 150 Å². The highest BCUT2D eigenvalue weighted by Gasteiger charge is 2.60. The highest BCUT2D eigenvalue weighted by atomic mass is 32.2. The molecule has 11 heteroatoms. The van der Waals surface area contributed by atoms with Crippen molar-refractivity contribution in [3.8, 4) is 11.4 Å². The Balaban J connectivity index is 0.776. The topological polar surface area (TPSA) is 131 Å². The van der Waals surface area contributed by atoms with E-state index in [9.17, 15) is 9.32 Å². The number of hydrogen-bond donors (Lipinski definition) is 3. The van der Waals surface area contributed by atoms with Crippen molar-refractivity contribution in [1.82, 2.24) is 24.8 Å². The molecule has 3 aromatic rings. The maximum atomic E-state index is 13.2. The van der Waals surface area contributed by atoms with Gasteiger partial charge in [0, 0.05) is 67.9 Å². The summed E-state index contributed by atoms with van der Waals surface area (Å²) >= 11 is 0. The van der Waals surface area contributed by atoms with Gasteiger partial charge in [0.15, 0.2) is 5.82 Å². The molecule has 0 radical (unpaired) electrons. The Morgan fingerprint density at radius 3 is 2.60 bits per heavy atom. The predicted molar refractivity (Wildman–Crippen MR) is 219 cm³/mol. The molecule has 1 saturated heterocycles. The van der Waals surface area contributed by atoms with Gasteiger partial charge in [-0.25, -0.2) is 19.2 Å². The molecule has 6 aliphatic rings. The molecule has 10 nitrogen and oxygen atoms in total. The van der Waals surface area contributed by atoms with Crippen LogP contribution in [0.3, 0.4) is 0 Å². The van der Waals surface area contributed by atoms with Crippen molar-refractivity contribution in [1.29, 1.82) is 4.78 Å². The molecule has 6 fully saturated rings. The van der Waals surface area contributed by atoms with Crippen molar-refractivity contribution >= 4 is 26.6 Å². The molecular formula is C44H65N7O3S. The second-order valence-corrected chi connectivity index (χ2v) is 21.8. The number of aliphatic hydroxyl groups is 1. The van der Waals surface area contributed by atoms with E-state index in [0.29, 0.717) is 22.8 Å². The van der Waals surface area contributed by atoms with E-state index in [4.69, 9.17) is 19.5 Å². The Morgan fingerprint density at radius 2 is 1.80 bits per heavy atom. The van der Waals surface area contributed by atoms with Gasteiger partial charge in [0.25, 0.3) is 0 Å². The van der Waals surface area contributed by atoms with E-state index >= 15 is 0 Å². The van der Waals surface area contributed by atoms with Crippen LogP contribution in [-0.4, -0.2) is 91.4 Å². The lowest BCUT2D eigenvalue weighted by Crippen LogP contribution is -2.54. The standard InChI is InChI=1S/C44H65N7O3S/c1-29-28-50(22-6-5-7-25-54-38-11-10-35-34-9-8-30-26-31(52)12-16-42(30,2)36(34)13-17-43(35,38)3)23-24-51(29)39-27-37(44(18-19-44)55(4,45)53)48-41(49-39)33-15-21-47-40-32(33)14-20-46-40/h14-15,20-21,27,29-31,34-36,38,45,52H,5-13,16-19,22-26,28H2,1-4H3,(H,46,47)/t29-,30+,31?,34+,35+,36+,38+,42+,43+,55-/m1/s1. The van der Waals surface area contributed by atoms with E-state index in [2.05, 4.69) is 40.5 Å². The number of rotatable bonds is 11. The molecular weight excluding hydrogens is 707 g/mol. The van der Waals surface area contributed by atoms with Gasteiger partial charge >= 0.3 is 0 Å². The summed E-state index contributed by atoms with van der Waals surface area (Å²) in [4.78, 5) is 22.8. The Hall–Kier alpha value is -2.60. The van der Waals surface area contributed by atoms with Crippen LogP contribution in [0.2, 0.25) is 0 Å². The molecule has 0 amide bonds. The highest BCUT2D eigenvalue weighted by molar-refractivity contribution is 7.93. The first-order chi connectivity index (χ1) is 26.4. The van der Waals surface area contributed by atoms with Gasteiger partial charge in [-0.15, -0.1) is 0 Å². The summed E-state index contributed by atoms with van der Waals surface area (Å²) in [5.41, 5.74) is 3.21. The Labute approximate surface area is 329 Å². The fourth-order valence-electron chi connectivity index (χ4n) is 12.9. The number of aromatic nitrogens is 4. The number of aromatic amines is 1. The van der Waals surface area contributed by atoms with E-state index in [1.54, 1.807) is 12.5 Å². The van der Waals surface area contributed by atoms with Crippen molar-refractivity contribution in [3.63, 3.8) is 0 Å². The van der Waals surface area contributed by atoms with Gasteiger partial charge in [-0.3, -0.25) is 9.68 Å². The molecule has 3 N–H and O–H groups in total. The molecule has 9 rings (SSSR count). The Morgan fingerprint density at radius 1 is 0.982 bits per heavy atom. The van der Waals surface area contributed by atoms with Gasteiger partial charge < -0.3 is 19.7 Å². The molecule has 3 aromatic heterocycles. The zero-order valence-corrected chi connectivity index (χ0v) is 34.6. The number of ether oxygens (including phenoxy) is 1. The fraction of sp³-hybridized carbons (Fsp3) is 0.750. The summed E-state index contributed by atoms with van der Waals surface area (Å²) in [7, 11) is -2.84. The van der Waals surface area contributed by atoms with Crippen LogP contribution in [0.4, 0.5) is 5.82 Å². The lowest BCUT2D eigenvalue weighted by Gasteiger charge is -2.60. The number of aliphatic hydroxyl groups excluding tert-OH is 1. The minimum atomic E-state index is -2.84. The molecule has 0 bridgehead atoms. The van der Waals surface area contributed by atoms with E-state index in [1.807, 2.05) is 24.4 Å². The summed E-state index contributed by atoms with van der Waals surface area (Å²) in [6, 6.07) is 6.26. The van der Waals surface area contributed by atoms with Crippen molar-refractivity contribution in [2.24, 2.45) is 34.5 Å². The van der Waals surface area contributed by atoms with E-state index in [-0.39, 0.29) is 12.1 Å². The molecule has 1 aliphatic heterocycles. The lowest BCUT2D eigenvalue weighted by molar-refractivity contribution is -0.141. The number of H-pyrrole nitrogens is 1. The number of nitrogens with zero attached hydrogens (tertiary/aromatic N) is 5. The van der Waals surface area contributed by atoms with Crippen LogP contribution < -0.4 is 4.90 Å². The average molecular weight is 772 g/mol. The summed E-state index contributed by atoms with van der Waals surface area (Å²) in [6.45, 7) is 12.3. The third-order valence-corrected chi connectivity index (χ3v) is 18.4. The first kappa shape index (κ1) is 37.9. The number of hydrogen-bond acceptors (Lipinski definition) is 9. The van der Waals surface area contributed by atoms with E-state index in [1.165, 1.54) is 57.8 Å². The Bertz CT molecular complexity index is 1980. The number of anilines is 1. The van der Waals surface area contributed by atoms with Crippen molar-refractivity contribution in [2.45, 2.75) is 134 Å². The summed E-state index contributed by atoms with van der Waals surface area (Å²) in [6.07, 6.45) is 21.8. The maximum Gasteiger partial charge on any atom is 0.162 e. The quantitative estimate of drug-likeness (QED) is 0.167. The number of nitrogens with one attached hydrogen (secondary N) is 2. The molecule has 5 aliphatic carbocycles. The monoisotopic (exact) mass is 771 g/mol. The minimum Gasteiger partial charge on any atom is -0.393 e. The lowest BCUT2D eigenvalue weighted by atomic mass is 9.45. The summed E-state index contributed by atoms with van der Waals surface area (Å²) in [5, 5.41) is 11.4. The van der Waals surface area contributed by atoms with Crippen molar-refractivity contribution < 1.29 is 14.1 Å². The molecule has 0 aromatic carbocycles. The predicted octanol–water partition coefficient (Wildman–Crippen LogP) is 8.16. The van der Waals surface area contributed by atoms with Crippen LogP contribution in [0.25, 0.3) is 22.4 Å². The Kier molecular flexibility index (Phi) is 9.90. The number of unbranched alkanes of at least 4 members (excludes halogenated alkanes) is 2. The molecule has 10 atom stereocenters. The third-order valence-electron chi connectivity index (χ3n) is 16.3. The molecule has 55 heavy (non-hydrogen) atoms. The van der Waals surface area contributed by atoms with Gasteiger partial charge in [-0.2, -0.15) is 0 Å². The maximum absolute atomic E-state index is 13.2. The fourth-order valence-corrected chi connectivity index (χ4v) is 14.3. The van der Waals surface area contributed by atoms with E-state index < -0.39 is 14.5 Å². The number of fused-ring (bicyclic) bond motifs is 6. The first-order valence-corrected chi connectivity index (χ1v) is 23.7. The normalized spacial score (nSPS) is 36.9. The van der Waals surface area contributed by atoms with Crippen LogP contribution in [0.1, 0.15) is 116 Å². The molecule has 0 spiro atoms. The molecule has 4 heterocycles. The van der Waals surface area contributed by atoms with Gasteiger partial charge in [0.1, 0.15) is 11.5 Å². The zero-order valence-electron chi connectivity index (χ0n) is 33.8. The average Bonchev–Trinajstić information content (AvgIpc) is 3.74. The van der Waals surface area contributed by atoms with Crippen molar-refractivity contribution in [3.05, 3.63) is 36.3 Å². The van der Waals surface area contributed by atoms with Gasteiger partial charge in [-0.1, -0.05) is 13.8 Å². The minimum absolute atomic E-state index is 0.0647. The van der Waals surface area contributed by atoms with Gasteiger partial charge in [0.2, 0.25) is 0 Å². The van der Waals surface area contributed by atoms with Crippen LogP contribution >= 0.6 is 0 Å². The number of piperazine rings is 1. The largest absolute Gasteiger partial charge is 0.393 e. The first-order valence-electron chi connectivity index (χ1n) is 21.7. The van der Waals surface area contributed by atoms with Crippen LogP contribution in [0, 0.1) is 39.3 Å². The smallest absolute Gasteiger partial charge is 0.162 e. The van der Waals surface area contributed by atoms with Crippen LogP contribution in [0.15, 0.2) is 30.6 Å². The number of pyridine rings is 1. The molecule has 1 unspecified atom stereocenters. The zero-order chi connectivity index (χ0) is 38.2. The van der Waals surface area contributed by atoms with E-state index in [0.717, 1.165) is 117 Å². The summed E-state index contributed by atoms with van der Waals surface area (Å²) < 4.78 is 27.9. The summed E-state index contributed by atoms with van der Waals surface area (Å²) in [5.74, 6) is 4.72. The second kappa shape index (κ2) is 14.3. The highest BCUT2D eigenvalue weighted by Crippen LogP contribution is 2.66.